The van der Waals surface area contributed by atoms with E-state index in [-0.39, 0.29) is 0 Å². The predicted molar refractivity (Wildman–Crippen MR) is 104 cm³/mol. The van der Waals surface area contributed by atoms with Crippen molar-refractivity contribution in [1.29, 1.82) is 0 Å². The molecule has 2 fully saturated rings. The van der Waals surface area contributed by atoms with Crippen LogP contribution in [0.5, 0.6) is 0 Å². The fraction of sp³-hybridized carbons (Fsp3) is 0.739. The Balaban J connectivity index is 1.42. The van der Waals surface area contributed by atoms with Crippen molar-refractivity contribution in [3.63, 3.8) is 0 Å². The van der Waals surface area contributed by atoms with Crippen molar-refractivity contribution in [1.82, 2.24) is 5.32 Å². The van der Waals surface area contributed by atoms with Gasteiger partial charge in [-0.2, -0.15) is 0 Å². The van der Waals surface area contributed by atoms with E-state index in [0.717, 1.165) is 17.8 Å². The second-order valence-corrected chi connectivity index (χ2v) is 8.25. The number of aryl methyl sites for hydroxylation is 1. The van der Waals surface area contributed by atoms with Crippen LogP contribution >= 0.6 is 0 Å². The molecule has 24 heavy (non-hydrogen) atoms. The minimum absolute atomic E-state index is 0.960. The number of rotatable bonds is 8. The Kier molecular flexibility index (Phi) is 7.67. The number of hydrogen-bond donors (Lipinski definition) is 1. The van der Waals surface area contributed by atoms with E-state index in [0.29, 0.717) is 0 Å². The first-order valence-corrected chi connectivity index (χ1v) is 10.7. The average molecular weight is 328 g/mol. The minimum atomic E-state index is 0.960. The zero-order valence-electron chi connectivity index (χ0n) is 15.5. The Morgan fingerprint density at radius 2 is 1.38 bits per heavy atom. The van der Waals surface area contributed by atoms with E-state index in [1.54, 1.807) is 0 Å². The molecule has 1 aromatic carbocycles. The van der Waals surface area contributed by atoms with Gasteiger partial charge in [0, 0.05) is 0 Å². The predicted octanol–water partition coefficient (Wildman–Crippen LogP) is 5.99. The van der Waals surface area contributed by atoms with Crippen LogP contribution in [-0.2, 0) is 6.42 Å². The van der Waals surface area contributed by atoms with Crippen molar-refractivity contribution in [2.75, 3.05) is 13.1 Å². The highest BCUT2D eigenvalue weighted by Crippen LogP contribution is 2.39. The van der Waals surface area contributed by atoms with Crippen molar-refractivity contribution < 1.29 is 0 Å². The number of benzene rings is 1. The molecule has 1 heteroatoms. The molecule has 0 amide bonds. The van der Waals surface area contributed by atoms with Gasteiger partial charge in [0.25, 0.3) is 0 Å². The van der Waals surface area contributed by atoms with Crippen LogP contribution in [0.25, 0.3) is 0 Å². The van der Waals surface area contributed by atoms with Crippen molar-refractivity contribution >= 4 is 0 Å². The first-order chi connectivity index (χ1) is 11.9. The zero-order valence-corrected chi connectivity index (χ0v) is 15.5. The summed E-state index contributed by atoms with van der Waals surface area (Å²) >= 11 is 0. The highest BCUT2D eigenvalue weighted by molar-refractivity contribution is 5.14. The third-order valence-electron chi connectivity index (χ3n) is 6.55. The lowest BCUT2D eigenvalue weighted by Gasteiger charge is -2.38. The molecule has 1 aromatic rings. The molecule has 1 nitrogen and oxygen atoms in total. The van der Waals surface area contributed by atoms with Crippen molar-refractivity contribution in [2.24, 2.45) is 17.8 Å². The zero-order chi connectivity index (χ0) is 16.5. The summed E-state index contributed by atoms with van der Waals surface area (Å²) in [5.74, 6) is 2.99. The highest BCUT2D eigenvalue weighted by atomic mass is 14.9. The van der Waals surface area contributed by atoms with Gasteiger partial charge in [0.05, 0.1) is 0 Å². The molecule has 0 bridgehead atoms. The summed E-state index contributed by atoms with van der Waals surface area (Å²) in [6.07, 6.45) is 17.4. The van der Waals surface area contributed by atoms with Gasteiger partial charge in [-0.15, -0.1) is 0 Å². The van der Waals surface area contributed by atoms with Crippen LogP contribution in [-0.4, -0.2) is 13.1 Å². The highest BCUT2D eigenvalue weighted by Gasteiger charge is 2.30. The second kappa shape index (κ2) is 10.2. The molecule has 2 aliphatic carbocycles. The maximum absolute atomic E-state index is 3.85. The fourth-order valence-electron chi connectivity index (χ4n) is 5.17. The largest absolute Gasteiger partial charge is 0.316 e. The molecule has 0 atom stereocenters. The normalized spacial score (nSPS) is 20.5. The molecule has 0 spiro atoms. The Morgan fingerprint density at radius 3 is 1.96 bits per heavy atom. The first kappa shape index (κ1) is 18.0. The number of nitrogens with one attached hydrogen (secondary N) is 1. The lowest BCUT2D eigenvalue weighted by Crippen LogP contribution is -2.36. The summed E-state index contributed by atoms with van der Waals surface area (Å²) in [5.41, 5.74) is 1.48. The van der Waals surface area contributed by atoms with E-state index < -0.39 is 0 Å². The van der Waals surface area contributed by atoms with Crippen LogP contribution in [0.2, 0.25) is 0 Å². The van der Waals surface area contributed by atoms with Gasteiger partial charge in [-0.25, -0.2) is 0 Å². The molecule has 1 N–H and O–H groups in total. The maximum Gasteiger partial charge on any atom is -0.00152 e. The molecule has 2 saturated carbocycles. The van der Waals surface area contributed by atoms with E-state index in [2.05, 4.69) is 35.6 Å². The van der Waals surface area contributed by atoms with Crippen LogP contribution in [0.1, 0.15) is 76.2 Å². The lowest BCUT2D eigenvalue weighted by atomic mass is 9.69. The first-order valence-electron chi connectivity index (χ1n) is 10.7. The SMILES string of the molecule is c1ccc(CCCNCC(C2CCCCC2)C2CCCCC2)cc1. The summed E-state index contributed by atoms with van der Waals surface area (Å²) in [6, 6.07) is 10.9. The summed E-state index contributed by atoms with van der Waals surface area (Å²) < 4.78 is 0. The minimum Gasteiger partial charge on any atom is -0.316 e. The average Bonchev–Trinajstić information content (AvgIpc) is 2.67. The van der Waals surface area contributed by atoms with E-state index >= 15 is 0 Å². The molecular formula is C23H37N. The third kappa shape index (κ3) is 5.62. The Morgan fingerprint density at radius 1 is 0.792 bits per heavy atom. The molecule has 0 heterocycles. The Bertz CT molecular complexity index is 411. The summed E-state index contributed by atoms with van der Waals surface area (Å²) in [5, 5.41) is 3.85. The van der Waals surface area contributed by atoms with Gasteiger partial charge in [-0.1, -0.05) is 94.5 Å². The molecule has 2 aliphatic rings. The summed E-state index contributed by atoms with van der Waals surface area (Å²) in [7, 11) is 0. The van der Waals surface area contributed by atoms with E-state index in [1.807, 2.05) is 0 Å². The quantitative estimate of drug-likeness (QED) is 0.579. The molecule has 134 valence electrons. The lowest BCUT2D eigenvalue weighted by molar-refractivity contribution is 0.141. The fourth-order valence-corrected chi connectivity index (χ4v) is 5.17. The molecule has 0 aromatic heterocycles. The molecule has 3 rings (SSSR count). The molecule has 0 radical (unpaired) electrons. The monoisotopic (exact) mass is 327 g/mol. The van der Waals surface area contributed by atoms with Gasteiger partial charge in [-0.3, -0.25) is 0 Å². The van der Waals surface area contributed by atoms with Gasteiger partial charge in [-0.05, 0) is 49.2 Å². The van der Waals surface area contributed by atoms with Crippen LogP contribution < -0.4 is 5.32 Å². The van der Waals surface area contributed by atoms with Crippen LogP contribution in [0.15, 0.2) is 30.3 Å². The third-order valence-corrected chi connectivity index (χ3v) is 6.55. The van der Waals surface area contributed by atoms with E-state index in [1.165, 1.54) is 95.7 Å². The molecule has 0 saturated heterocycles. The maximum atomic E-state index is 3.85. The van der Waals surface area contributed by atoms with Crippen LogP contribution in [0, 0.1) is 17.8 Å². The van der Waals surface area contributed by atoms with Crippen LogP contribution in [0.3, 0.4) is 0 Å². The Labute approximate surface area is 149 Å². The van der Waals surface area contributed by atoms with Gasteiger partial charge in [0.2, 0.25) is 0 Å². The molecule has 0 unspecified atom stereocenters. The summed E-state index contributed by atoms with van der Waals surface area (Å²) in [4.78, 5) is 0. The van der Waals surface area contributed by atoms with E-state index in [9.17, 15) is 0 Å². The van der Waals surface area contributed by atoms with Gasteiger partial charge in [0.1, 0.15) is 0 Å². The van der Waals surface area contributed by atoms with Crippen molar-refractivity contribution in [3.8, 4) is 0 Å². The van der Waals surface area contributed by atoms with Crippen LogP contribution in [0.4, 0.5) is 0 Å². The number of hydrogen-bond acceptors (Lipinski definition) is 1. The van der Waals surface area contributed by atoms with Gasteiger partial charge >= 0.3 is 0 Å². The standard InChI is InChI=1S/C23H37N/c1-4-11-20(12-5-1)13-10-18-24-19-23(21-14-6-2-7-15-21)22-16-8-3-9-17-22/h1,4-5,11-12,21-24H,2-3,6-10,13-19H2. The topological polar surface area (TPSA) is 12.0 Å². The second-order valence-electron chi connectivity index (χ2n) is 8.25. The van der Waals surface area contributed by atoms with Crippen molar-refractivity contribution in [2.45, 2.75) is 77.0 Å². The van der Waals surface area contributed by atoms with E-state index in [4.69, 9.17) is 0 Å². The van der Waals surface area contributed by atoms with Crippen molar-refractivity contribution in [3.05, 3.63) is 35.9 Å². The smallest absolute Gasteiger partial charge is 0.00152 e. The molecule has 0 aliphatic heterocycles. The van der Waals surface area contributed by atoms with Gasteiger partial charge < -0.3 is 5.32 Å². The van der Waals surface area contributed by atoms with Gasteiger partial charge in [0.15, 0.2) is 0 Å². The Hall–Kier alpha value is -0.820. The summed E-state index contributed by atoms with van der Waals surface area (Å²) in [6.45, 7) is 2.47. The molecular weight excluding hydrogens is 290 g/mol.